The van der Waals surface area contributed by atoms with Gasteiger partial charge in [-0.25, -0.2) is 8.78 Å². The van der Waals surface area contributed by atoms with E-state index in [1.54, 1.807) is 14.1 Å². The lowest BCUT2D eigenvalue weighted by Gasteiger charge is -2.19. The van der Waals surface area contributed by atoms with Gasteiger partial charge in [0.1, 0.15) is 12.0 Å². The fourth-order valence-electron chi connectivity index (χ4n) is 1.18. The maximum absolute atomic E-state index is 13.4. The number of aliphatic hydroxyl groups excluding tert-OH is 1. The number of rotatable bonds is 3. The zero-order valence-electron chi connectivity index (χ0n) is 8.79. The Morgan fingerprint density at radius 2 is 1.87 bits per heavy atom. The molecule has 0 amide bonds. The van der Waals surface area contributed by atoms with E-state index >= 15 is 0 Å². The zero-order chi connectivity index (χ0) is 11.6. The first-order chi connectivity index (χ1) is 6.97. The van der Waals surface area contributed by atoms with Crippen molar-refractivity contribution in [3.05, 3.63) is 29.3 Å². The van der Waals surface area contributed by atoms with Crippen molar-refractivity contribution in [2.75, 3.05) is 21.2 Å². The van der Waals surface area contributed by atoms with Gasteiger partial charge in [0.15, 0.2) is 11.6 Å². The smallest absolute Gasteiger partial charge is 0.165 e. The van der Waals surface area contributed by atoms with Crippen LogP contribution in [0.25, 0.3) is 0 Å². The Balaban J connectivity index is 3.15. The Kier molecular flexibility index (Phi) is 3.60. The first-order valence-corrected chi connectivity index (χ1v) is 4.34. The third kappa shape index (κ3) is 2.43. The van der Waals surface area contributed by atoms with E-state index in [1.807, 2.05) is 0 Å². The molecule has 1 aromatic carbocycles. The standard InChI is InChI=1S/C10H13F2NO2/c1-13(2)10(14)6-4-8(12)9(15-3)5-7(6)11/h4-5,10,14H,1-3H3. The van der Waals surface area contributed by atoms with Crippen molar-refractivity contribution in [1.29, 1.82) is 0 Å². The van der Waals surface area contributed by atoms with Gasteiger partial charge in [-0.3, -0.25) is 4.90 Å². The molecule has 1 N–H and O–H groups in total. The minimum Gasteiger partial charge on any atom is -0.494 e. The number of hydrogen-bond acceptors (Lipinski definition) is 3. The normalized spacial score (nSPS) is 13.0. The summed E-state index contributed by atoms with van der Waals surface area (Å²) in [6.45, 7) is 0. The molecule has 0 saturated heterocycles. The van der Waals surface area contributed by atoms with Crippen molar-refractivity contribution in [2.24, 2.45) is 0 Å². The fourth-order valence-corrected chi connectivity index (χ4v) is 1.18. The summed E-state index contributed by atoms with van der Waals surface area (Å²) in [5.74, 6) is -1.58. The Labute approximate surface area is 86.9 Å². The van der Waals surface area contributed by atoms with E-state index in [2.05, 4.69) is 4.74 Å². The monoisotopic (exact) mass is 217 g/mol. The van der Waals surface area contributed by atoms with Crippen LogP contribution in [0.3, 0.4) is 0 Å². The molecule has 0 spiro atoms. The molecule has 1 atom stereocenters. The SMILES string of the molecule is COc1cc(F)c(C(O)N(C)C)cc1F. The van der Waals surface area contributed by atoms with Crippen LogP contribution in [0.4, 0.5) is 8.78 Å². The summed E-state index contributed by atoms with van der Waals surface area (Å²) in [5, 5.41) is 9.55. The van der Waals surface area contributed by atoms with E-state index < -0.39 is 17.9 Å². The first-order valence-electron chi connectivity index (χ1n) is 4.34. The quantitative estimate of drug-likeness (QED) is 0.779. The van der Waals surface area contributed by atoms with Crippen molar-refractivity contribution in [3.8, 4) is 5.75 Å². The second-order valence-electron chi connectivity index (χ2n) is 3.35. The highest BCUT2D eigenvalue weighted by molar-refractivity contribution is 5.31. The molecule has 0 aliphatic rings. The molecule has 1 unspecified atom stereocenters. The molecule has 0 radical (unpaired) electrons. The van der Waals surface area contributed by atoms with Crippen LogP contribution in [0.5, 0.6) is 5.75 Å². The van der Waals surface area contributed by atoms with Crippen molar-refractivity contribution in [2.45, 2.75) is 6.23 Å². The second-order valence-corrected chi connectivity index (χ2v) is 3.35. The number of methoxy groups -OCH3 is 1. The number of benzene rings is 1. The first kappa shape index (κ1) is 11.9. The van der Waals surface area contributed by atoms with Gasteiger partial charge in [-0.05, 0) is 20.2 Å². The maximum Gasteiger partial charge on any atom is 0.165 e. The van der Waals surface area contributed by atoms with Crippen LogP contribution in [-0.2, 0) is 0 Å². The van der Waals surface area contributed by atoms with Crippen LogP contribution >= 0.6 is 0 Å². The number of hydrogen-bond donors (Lipinski definition) is 1. The topological polar surface area (TPSA) is 32.7 Å². The molecule has 0 aliphatic heterocycles. The molecule has 84 valence electrons. The van der Waals surface area contributed by atoms with Gasteiger partial charge in [-0.1, -0.05) is 0 Å². The summed E-state index contributed by atoms with van der Waals surface area (Å²) < 4.78 is 31.2. The lowest BCUT2D eigenvalue weighted by Crippen LogP contribution is -2.20. The Bertz CT molecular complexity index is 356. The van der Waals surface area contributed by atoms with E-state index in [0.29, 0.717) is 0 Å². The average Bonchev–Trinajstić information content (AvgIpc) is 2.19. The number of aliphatic hydroxyl groups is 1. The number of halogens is 2. The number of nitrogens with zero attached hydrogens (tertiary/aromatic N) is 1. The van der Waals surface area contributed by atoms with E-state index in [4.69, 9.17) is 0 Å². The molecular formula is C10H13F2NO2. The number of ether oxygens (including phenoxy) is 1. The summed E-state index contributed by atoms with van der Waals surface area (Å²) in [6.07, 6.45) is -1.18. The third-order valence-corrected chi connectivity index (χ3v) is 2.04. The molecule has 0 aliphatic carbocycles. The van der Waals surface area contributed by atoms with Gasteiger partial charge in [-0.15, -0.1) is 0 Å². The van der Waals surface area contributed by atoms with Gasteiger partial charge in [0.05, 0.1) is 7.11 Å². The molecule has 1 rings (SSSR count). The Morgan fingerprint density at radius 1 is 1.27 bits per heavy atom. The van der Waals surface area contributed by atoms with Crippen molar-refractivity contribution >= 4 is 0 Å². The van der Waals surface area contributed by atoms with E-state index in [1.165, 1.54) is 12.0 Å². The van der Waals surface area contributed by atoms with Crippen molar-refractivity contribution < 1.29 is 18.6 Å². The lowest BCUT2D eigenvalue weighted by atomic mass is 10.1. The molecule has 5 heteroatoms. The molecule has 1 aromatic rings. The van der Waals surface area contributed by atoms with Crippen LogP contribution in [0.2, 0.25) is 0 Å². The highest BCUT2D eigenvalue weighted by atomic mass is 19.1. The average molecular weight is 217 g/mol. The lowest BCUT2D eigenvalue weighted by molar-refractivity contribution is 0.0361. The van der Waals surface area contributed by atoms with Crippen molar-refractivity contribution in [3.63, 3.8) is 0 Å². The third-order valence-electron chi connectivity index (χ3n) is 2.04. The molecule has 0 bridgehead atoms. The minimum absolute atomic E-state index is 0.113. The zero-order valence-corrected chi connectivity index (χ0v) is 8.79. The van der Waals surface area contributed by atoms with Crippen LogP contribution < -0.4 is 4.74 Å². The largest absolute Gasteiger partial charge is 0.494 e. The molecule has 0 heterocycles. The highest BCUT2D eigenvalue weighted by Gasteiger charge is 2.18. The summed E-state index contributed by atoms with van der Waals surface area (Å²) in [4.78, 5) is 1.37. The summed E-state index contributed by atoms with van der Waals surface area (Å²) in [6, 6.07) is 1.84. The van der Waals surface area contributed by atoms with Crippen molar-refractivity contribution in [1.82, 2.24) is 4.90 Å². The molecule has 3 nitrogen and oxygen atoms in total. The maximum atomic E-state index is 13.4. The van der Waals surface area contributed by atoms with Crippen LogP contribution in [0.15, 0.2) is 12.1 Å². The molecular weight excluding hydrogens is 204 g/mol. The van der Waals surface area contributed by atoms with Gasteiger partial charge in [-0.2, -0.15) is 0 Å². The highest BCUT2D eigenvalue weighted by Crippen LogP contribution is 2.26. The van der Waals surface area contributed by atoms with Crippen LogP contribution in [-0.4, -0.2) is 31.2 Å². The molecule has 0 saturated carbocycles. The van der Waals surface area contributed by atoms with E-state index in [0.717, 1.165) is 12.1 Å². The minimum atomic E-state index is -1.18. The summed E-state index contributed by atoms with van der Waals surface area (Å²) in [7, 11) is 4.37. The molecule has 0 aromatic heterocycles. The van der Waals surface area contributed by atoms with E-state index in [-0.39, 0.29) is 11.3 Å². The second kappa shape index (κ2) is 4.55. The Hall–Kier alpha value is -1.20. The van der Waals surface area contributed by atoms with E-state index in [9.17, 15) is 13.9 Å². The van der Waals surface area contributed by atoms with Gasteiger partial charge < -0.3 is 9.84 Å². The van der Waals surface area contributed by atoms with Gasteiger partial charge in [0, 0.05) is 11.6 Å². The summed E-state index contributed by atoms with van der Waals surface area (Å²) in [5.41, 5.74) is -0.113. The summed E-state index contributed by atoms with van der Waals surface area (Å²) >= 11 is 0. The fraction of sp³-hybridized carbons (Fsp3) is 0.400. The van der Waals surface area contributed by atoms with Crippen LogP contribution in [0.1, 0.15) is 11.8 Å². The van der Waals surface area contributed by atoms with Gasteiger partial charge >= 0.3 is 0 Å². The Morgan fingerprint density at radius 3 is 2.33 bits per heavy atom. The van der Waals surface area contributed by atoms with Gasteiger partial charge in [0.2, 0.25) is 0 Å². The molecule has 15 heavy (non-hydrogen) atoms. The predicted octanol–water partition coefficient (Wildman–Crippen LogP) is 1.53. The predicted molar refractivity (Wildman–Crippen MR) is 51.6 cm³/mol. The van der Waals surface area contributed by atoms with Gasteiger partial charge in [0.25, 0.3) is 0 Å². The van der Waals surface area contributed by atoms with Crippen LogP contribution in [0, 0.1) is 11.6 Å². The molecule has 0 fully saturated rings.